The van der Waals surface area contributed by atoms with Crippen LogP contribution in [-0.4, -0.2) is 72.2 Å². The Hall–Kier alpha value is -2.37. The Morgan fingerprint density at radius 1 is 1.18 bits per heavy atom. The molecule has 3 fully saturated rings. The van der Waals surface area contributed by atoms with Crippen LogP contribution in [-0.2, 0) is 19.7 Å². The van der Waals surface area contributed by atoms with Gasteiger partial charge in [0.05, 0.1) is 44.8 Å². The number of hydrogen-bond donors (Lipinski definition) is 4. The second-order valence-corrected chi connectivity index (χ2v) is 12.4. The number of nitrogens with one attached hydrogen (secondary N) is 3. The molecule has 12 heteroatoms. The van der Waals surface area contributed by atoms with Crippen molar-refractivity contribution in [1.29, 1.82) is 0 Å². The van der Waals surface area contributed by atoms with Crippen LogP contribution >= 0.6 is 23.2 Å². The first-order valence-corrected chi connectivity index (χ1v) is 14.1. The Balaban J connectivity index is 1.48. The van der Waals surface area contributed by atoms with Gasteiger partial charge in [-0.25, -0.2) is 4.98 Å². The zero-order valence-corrected chi connectivity index (χ0v) is 23.1. The molecule has 1 aromatic carbocycles. The quantitative estimate of drug-likeness (QED) is 0.381. The zero-order valence-electron chi connectivity index (χ0n) is 21.6. The summed E-state index contributed by atoms with van der Waals surface area (Å²) in [7, 11) is 0. The summed E-state index contributed by atoms with van der Waals surface area (Å²) in [6.45, 7) is -1.62. The Morgan fingerprint density at radius 3 is 2.60 bits per heavy atom. The van der Waals surface area contributed by atoms with E-state index in [4.69, 9.17) is 27.9 Å². The van der Waals surface area contributed by atoms with Gasteiger partial charge in [-0.15, -0.1) is 0 Å². The van der Waals surface area contributed by atoms with Crippen LogP contribution in [0.1, 0.15) is 42.7 Å². The van der Waals surface area contributed by atoms with E-state index in [0.29, 0.717) is 34.7 Å². The fourth-order valence-electron chi connectivity index (χ4n) is 7.59. The lowest BCUT2D eigenvalue weighted by molar-refractivity contribution is -0.131. The van der Waals surface area contributed by atoms with Crippen LogP contribution < -0.4 is 16.0 Å². The molecule has 1 saturated carbocycles. The maximum absolute atomic E-state index is 14.3. The summed E-state index contributed by atoms with van der Waals surface area (Å²) in [4.78, 5) is 32.4. The molecule has 2 saturated heterocycles. The third kappa shape index (κ3) is 4.06. The third-order valence-electron chi connectivity index (χ3n) is 9.23. The van der Waals surface area contributed by atoms with E-state index in [-0.39, 0.29) is 55.2 Å². The molecule has 2 amide bonds. The molecule has 8 nitrogen and oxygen atoms in total. The first-order chi connectivity index (χ1) is 19.2. The number of aliphatic hydroxyl groups is 1. The summed E-state index contributed by atoms with van der Waals surface area (Å²) < 4.78 is 34.1. The van der Waals surface area contributed by atoms with Crippen molar-refractivity contribution in [3.05, 3.63) is 57.8 Å². The van der Waals surface area contributed by atoms with Crippen molar-refractivity contribution in [3.63, 3.8) is 0 Å². The number of anilines is 1. The standard InChI is InChI=1S/C28H30Cl2F2N4O4/c29-16-1-4-19-20(8-16)35-25(39)28(19)22(15-5-6-33-21(30)7-15)23(36-27(28)11-26(12-27,13-31)14-32)24(38)34-17-2-3-18(9-37)40-10-17/h1,4-8,17-18,22-23,36-37H,2-3,9-14H2,(H,34,38)(H,35,39)/t17-,18+,22+,23-,28-/m1/s1. The summed E-state index contributed by atoms with van der Waals surface area (Å²) in [6, 6.07) is 7.17. The van der Waals surface area contributed by atoms with Crippen molar-refractivity contribution >= 4 is 40.7 Å². The number of carbonyl (C=O) groups excluding carboxylic acids is 2. The number of aliphatic hydroxyl groups excluding tert-OH is 1. The molecule has 6 rings (SSSR count). The number of nitrogens with zero attached hydrogens (tertiary/aromatic N) is 1. The molecule has 214 valence electrons. The van der Waals surface area contributed by atoms with E-state index in [2.05, 4.69) is 20.9 Å². The number of amides is 2. The minimum Gasteiger partial charge on any atom is -0.394 e. The average Bonchev–Trinajstić information content (AvgIpc) is 3.40. The predicted molar refractivity (Wildman–Crippen MR) is 145 cm³/mol. The van der Waals surface area contributed by atoms with E-state index in [1.807, 2.05) is 0 Å². The lowest BCUT2D eigenvalue weighted by Crippen LogP contribution is -2.70. The molecule has 0 bridgehead atoms. The molecule has 40 heavy (non-hydrogen) atoms. The van der Waals surface area contributed by atoms with Crippen LogP contribution in [0.3, 0.4) is 0 Å². The summed E-state index contributed by atoms with van der Waals surface area (Å²) in [5.41, 5.74) is -2.06. The summed E-state index contributed by atoms with van der Waals surface area (Å²) in [6.07, 6.45) is 2.48. The number of carbonyl (C=O) groups is 2. The lowest BCUT2D eigenvalue weighted by atomic mass is 9.46. The molecular weight excluding hydrogens is 565 g/mol. The van der Waals surface area contributed by atoms with E-state index in [1.165, 1.54) is 6.20 Å². The first-order valence-electron chi connectivity index (χ1n) is 13.4. The number of ether oxygens (including phenoxy) is 1. The van der Waals surface area contributed by atoms with Crippen LogP contribution in [0.2, 0.25) is 10.2 Å². The van der Waals surface area contributed by atoms with Gasteiger partial charge in [0.1, 0.15) is 10.6 Å². The van der Waals surface area contributed by atoms with Gasteiger partial charge in [-0.3, -0.25) is 23.7 Å². The molecule has 1 aromatic heterocycles. The molecule has 0 unspecified atom stereocenters. The largest absolute Gasteiger partial charge is 0.394 e. The van der Waals surface area contributed by atoms with Gasteiger partial charge in [-0.1, -0.05) is 29.3 Å². The molecule has 1 aliphatic carbocycles. The van der Waals surface area contributed by atoms with Crippen LogP contribution in [0, 0.1) is 5.41 Å². The van der Waals surface area contributed by atoms with E-state index >= 15 is 0 Å². The second kappa shape index (κ2) is 10.2. The van der Waals surface area contributed by atoms with Gasteiger partial charge < -0.3 is 20.5 Å². The first kappa shape index (κ1) is 27.8. The van der Waals surface area contributed by atoms with Crippen molar-refractivity contribution < 1.29 is 28.2 Å². The van der Waals surface area contributed by atoms with Crippen LogP contribution in [0.25, 0.3) is 0 Å². The topological polar surface area (TPSA) is 113 Å². The normalized spacial score (nSPS) is 31.6. The van der Waals surface area contributed by atoms with E-state index < -0.39 is 41.7 Å². The van der Waals surface area contributed by atoms with Crippen LogP contribution in [0.5, 0.6) is 0 Å². The third-order valence-corrected chi connectivity index (χ3v) is 9.67. The number of benzene rings is 1. The van der Waals surface area contributed by atoms with E-state index in [9.17, 15) is 23.5 Å². The molecular formula is C28H30Cl2F2N4O4. The number of rotatable bonds is 6. The number of fused-ring (bicyclic) bond motifs is 3. The van der Waals surface area contributed by atoms with Gasteiger partial charge in [-0.05, 0) is 61.1 Å². The SMILES string of the molecule is O=C(N[C@@H]1CC[C@@H](CO)OC1)[C@@H]1NC2(CC(CF)(CF)C2)[C@@]2(C(=O)Nc3cc(Cl)ccc32)[C@H]1c1ccnc(Cl)c1. The fourth-order valence-corrected chi connectivity index (χ4v) is 7.95. The highest BCUT2D eigenvalue weighted by molar-refractivity contribution is 6.31. The van der Waals surface area contributed by atoms with Gasteiger partial charge in [0.15, 0.2) is 0 Å². The van der Waals surface area contributed by atoms with Gasteiger partial charge in [-0.2, -0.15) is 0 Å². The van der Waals surface area contributed by atoms with Crippen molar-refractivity contribution in [2.45, 2.75) is 60.7 Å². The number of hydrogen-bond acceptors (Lipinski definition) is 6. The smallest absolute Gasteiger partial charge is 0.238 e. The van der Waals surface area contributed by atoms with Crippen molar-refractivity contribution in [3.8, 4) is 0 Å². The van der Waals surface area contributed by atoms with Gasteiger partial charge >= 0.3 is 0 Å². The summed E-state index contributed by atoms with van der Waals surface area (Å²) in [5.74, 6) is -1.52. The summed E-state index contributed by atoms with van der Waals surface area (Å²) in [5, 5.41) is 19.4. The Kier molecular flexibility index (Phi) is 7.06. The zero-order chi connectivity index (χ0) is 28.3. The minimum absolute atomic E-state index is 0.0201. The van der Waals surface area contributed by atoms with Gasteiger partial charge in [0.2, 0.25) is 11.8 Å². The highest BCUT2D eigenvalue weighted by Gasteiger charge is 2.77. The van der Waals surface area contributed by atoms with E-state index in [1.54, 1.807) is 30.3 Å². The molecule has 5 atom stereocenters. The Bertz CT molecular complexity index is 1330. The van der Waals surface area contributed by atoms with Gasteiger partial charge in [0, 0.05) is 33.8 Å². The molecule has 2 spiro atoms. The minimum atomic E-state index is -1.39. The predicted octanol–water partition coefficient (Wildman–Crippen LogP) is 3.45. The maximum atomic E-state index is 14.3. The van der Waals surface area contributed by atoms with Crippen molar-refractivity contribution in [2.24, 2.45) is 5.41 Å². The number of alkyl halides is 2. The number of halogens is 4. The lowest BCUT2D eigenvalue weighted by Gasteiger charge is -2.59. The molecule has 0 radical (unpaired) electrons. The molecule has 4 N–H and O–H groups in total. The van der Waals surface area contributed by atoms with Crippen LogP contribution in [0.4, 0.5) is 14.5 Å². The second-order valence-electron chi connectivity index (χ2n) is 11.6. The van der Waals surface area contributed by atoms with Crippen molar-refractivity contribution in [1.82, 2.24) is 15.6 Å². The monoisotopic (exact) mass is 594 g/mol. The Labute approximate surface area is 240 Å². The molecule has 4 heterocycles. The molecule has 3 aliphatic heterocycles. The number of aromatic nitrogens is 1. The molecule has 2 aromatic rings. The summed E-state index contributed by atoms with van der Waals surface area (Å²) >= 11 is 12.6. The average molecular weight is 595 g/mol. The highest BCUT2D eigenvalue weighted by atomic mass is 35.5. The maximum Gasteiger partial charge on any atom is 0.238 e. The molecule has 4 aliphatic rings. The number of pyridine rings is 1. The van der Waals surface area contributed by atoms with Crippen molar-refractivity contribution in [2.75, 3.05) is 31.9 Å². The Morgan fingerprint density at radius 2 is 1.95 bits per heavy atom. The van der Waals surface area contributed by atoms with Crippen LogP contribution in [0.15, 0.2) is 36.5 Å². The highest BCUT2D eigenvalue weighted by Crippen LogP contribution is 2.68. The van der Waals surface area contributed by atoms with E-state index in [0.717, 1.165) is 0 Å². The van der Waals surface area contributed by atoms with Gasteiger partial charge in [0.25, 0.3) is 0 Å². The fraction of sp³-hybridized carbons (Fsp3) is 0.536.